The van der Waals surface area contributed by atoms with Gasteiger partial charge in [0.1, 0.15) is 0 Å². The average molecular weight is 347 g/mol. The molecule has 0 N–H and O–H groups in total. The van der Waals surface area contributed by atoms with Gasteiger partial charge in [-0.3, -0.25) is 0 Å². The lowest BCUT2D eigenvalue weighted by atomic mass is 9.82. The zero-order valence-corrected chi connectivity index (χ0v) is 16.7. The van der Waals surface area contributed by atoms with Gasteiger partial charge in [0.15, 0.2) is 0 Å². The van der Waals surface area contributed by atoms with Crippen molar-refractivity contribution in [2.75, 3.05) is 39.3 Å². The number of hydrogen-bond acceptors (Lipinski definition) is 3. The lowest BCUT2D eigenvalue weighted by molar-refractivity contribution is -0.0497. The van der Waals surface area contributed by atoms with E-state index in [1.165, 1.54) is 65.0 Å². The molecule has 3 heteroatoms. The summed E-state index contributed by atoms with van der Waals surface area (Å²) in [5, 5.41) is 0. The van der Waals surface area contributed by atoms with Crippen molar-refractivity contribution < 1.29 is 4.74 Å². The van der Waals surface area contributed by atoms with Gasteiger partial charge in [-0.1, -0.05) is 18.8 Å². The second-order valence-electron chi connectivity index (χ2n) is 8.72. The van der Waals surface area contributed by atoms with Crippen LogP contribution < -0.4 is 0 Å². The highest BCUT2D eigenvalue weighted by Gasteiger charge is 2.29. The Balaban J connectivity index is 1.30. The molecule has 0 aromatic heterocycles. The number of likely N-dealkylation sites (tertiary alicyclic amines) is 2. The van der Waals surface area contributed by atoms with E-state index in [4.69, 9.17) is 4.74 Å². The third-order valence-corrected chi connectivity index (χ3v) is 6.31. The summed E-state index contributed by atoms with van der Waals surface area (Å²) < 4.78 is 5.83. The van der Waals surface area contributed by atoms with Crippen LogP contribution in [-0.4, -0.2) is 61.3 Å². The summed E-state index contributed by atoms with van der Waals surface area (Å²) >= 11 is 0. The molecule has 2 heterocycles. The first kappa shape index (κ1) is 19.2. The Morgan fingerprint density at radius 1 is 0.880 bits per heavy atom. The first-order chi connectivity index (χ1) is 12.1. The highest BCUT2D eigenvalue weighted by molar-refractivity contribution is 5.12. The number of nitrogens with zero attached hydrogens (tertiary/aromatic N) is 2. The summed E-state index contributed by atoms with van der Waals surface area (Å²) in [4.78, 5) is 5.30. The fraction of sp³-hybridized carbons (Fsp3) is 0.909. The first-order valence-corrected chi connectivity index (χ1v) is 10.7. The van der Waals surface area contributed by atoms with Gasteiger partial charge in [0.25, 0.3) is 0 Å². The van der Waals surface area contributed by atoms with Gasteiger partial charge < -0.3 is 14.5 Å². The smallest absolute Gasteiger partial charge is 0.0602 e. The molecule has 1 aliphatic carbocycles. The van der Waals surface area contributed by atoms with Crippen LogP contribution in [0.15, 0.2) is 0 Å². The van der Waals surface area contributed by atoms with Crippen LogP contribution in [0.5, 0.6) is 0 Å². The van der Waals surface area contributed by atoms with Gasteiger partial charge in [0, 0.05) is 18.4 Å². The number of rotatable bonds is 5. The van der Waals surface area contributed by atoms with Crippen LogP contribution in [0.4, 0.5) is 0 Å². The van der Waals surface area contributed by atoms with Gasteiger partial charge in [-0.25, -0.2) is 0 Å². The summed E-state index contributed by atoms with van der Waals surface area (Å²) in [6.45, 7) is 14.2. The van der Waals surface area contributed by atoms with Crippen LogP contribution in [-0.2, 0) is 4.74 Å². The van der Waals surface area contributed by atoms with E-state index >= 15 is 0 Å². The molecule has 2 saturated heterocycles. The number of piperidine rings is 2. The minimum absolute atomic E-state index is 0.359. The van der Waals surface area contributed by atoms with E-state index in [2.05, 4.69) is 42.4 Å². The van der Waals surface area contributed by atoms with Gasteiger partial charge in [-0.05, 0) is 91.0 Å². The average Bonchev–Trinajstić information content (AvgIpc) is 2.58. The molecule has 2 aliphatic heterocycles. The Morgan fingerprint density at radius 3 is 2.08 bits per heavy atom. The lowest BCUT2D eigenvalue weighted by Crippen LogP contribution is -2.41. The second kappa shape index (κ2) is 9.40. The highest BCUT2D eigenvalue weighted by Crippen LogP contribution is 2.30. The van der Waals surface area contributed by atoms with E-state index in [1.807, 2.05) is 0 Å². The molecule has 0 amide bonds. The largest absolute Gasteiger partial charge is 0.375 e. The predicted octanol–water partition coefficient (Wildman–Crippen LogP) is 3.64. The van der Waals surface area contributed by atoms with Crippen LogP contribution in [0.2, 0.25) is 0 Å². The van der Waals surface area contributed by atoms with Crippen molar-refractivity contribution in [1.82, 2.24) is 9.80 Å². The van der Waals surface area contributed by atoms with E-state index in [1.54, 1.807) is 0 Å². The maximum absolute atomic E-state index is 5.83. The van der Waals surface area contributed by atoms with Crippen LogP contribution in [0.3, 0.4) is 0 Å². The fourth-order valence-corrected chi connectivity index (χ4v) is 4.53. The molecule has 0 unspecified atom stereocenters. The molecule has 0 radical (unpaired) electrons. The first-order valence-electron chi connectivity index (χ1n) is 10.7. The second-order valence-corrected chi connectivity index (χ2v) is 8.72. The van der Waals surface area contributed by atoms with Gasteiger partial charge in [0.2, 0.25) is 0 Å². The monoisotopic (exact) mass is 346 g/mol. The van der Waals surface area contributed by atoms with Crippen LogP contribution in [0.1, 0.15) is 59.3 Å². The van der Waals surface area contributed by atoms with Crippen LogP contribution in [0.25, 0.3) is 0 Å². The molecule has 3 aliphatic rings. The highest BCUT2D eigenvalue weighted by atomic mass is 16.5. The molecular formula is C22H38N2O. The maximum atomic E-state index is 5.83. The van der Waals surface area contributed by atoms with Gasteiger partial charge in [-0.2, -0.15) is 0 Å². The summed E-state index contributed by atoms with van der Waals surface area (Å²) in [6.07, 6.45) is 8.49. The molecular weight excluding hydrogens is 308 g/mol. The van der Waals surface area contributed by atoms with Crippen molar-refractivity contribution >= 4 is 0 Å². The van der Waals surface area contributed by atoms with Crippen molar-refractivity contribution in [2.45, 2.75) is 71.5 Å². The lowest BCUT2D eigenvalue weighted by Gasteiger charge is -2.37. The fourth-order valence-electron chi connectivity index (χ4n) is 4.53. The SMILES string of the molecule is CCN1CCC(CN2CCC(C#C[C@H]3C[C@H](OC(C)C)C3)CC2)CC1. The number of ether oxygens (including phenoxy) is 1. The van der Waals surface area contributed by atoms with E-state index in [-0.39, 0.29) is 0 Å². The minimum atomic E-state index is 0.359. The standard InChI is InChI=1S/C22H38N2O/c1-4-23-11-9-20(10-12-23)17-24-13-7-19(8-14-24)5-6-21-15-22(16-21)25-18(2)3/h18-22H,4,7-17H2,1-3H3/t21-,22-. The molecule has 3 nitrogen and oxygen atoms in total. The molecule has 142 valence electrons. The molecule has 0 atom stereocenters. The maximum Gasteiger partial charge on any atom is 0.0602 e. The summed E-state index contributed by atoms with van der Waals surface area (Å²) in [6, 6.07) is 0. The molecule has 0 aromatic carbocycles. The van der Waals surface area contributed by atoms with E-state index in [0.717, 1.165) is 18.8 Å². The third-order valence-electron chi connectivity index (χ3n) is 6.31. The zero-order valence-electron chi connectivity index (χ0n) is 16.7. The molecule has 0 bridgehead atoms. The summed E-state index contributed by atoms with van der Waals surface area (Å²) in [7, 11) is 0. The van der Waals surface area contributed by atoms with Gasteiger partial charge in [0.05, 0.1) is 12.2 Å². The van der Waals surface area contributed by atoms with E-state index in [0.29, 0.717) is 24.0 Å². The molecule has 3 fully saturated rings. The Kier molecular flexibility index (Phi) is 7.22. The van der Waals surface area contributed by atoms with E-state index < -0.39 is 0 Å². The molecule has 0 aromatic rings. The summed E-state index contributed by atoms with van der Waals surface area (Å²) in [5.74, 6) is 9.31. The van der Waals surface area contributed by atoms with E-state index in [9.17, 15) is 0 Å². The Labute approximate surface area is 155 Å². The van der Waals surface area contributed by atoms with Crippen LogP contribution >= 0.6 is 0 Å². The molecule has 1 saturated carbocycles. The van der Waals surface area contributed by atoms with Crippen molar-refractivity contribution in [2.24, 2.45) is 17.8 Å². The van der Waals surface area contributed by atoms with Gasteiger partial charge in [-0.15, -0.1) is 0 Å². The minimum Gasteiger partial charge on any atom is -0.375 e. The van der Waals surface area contributed by atoms with Crippen LogP contribution in [0, 0.1) is 29.6 Å². The van der Waals surface area contributed by atoms with Gasteiger partial charge >= 0.3 is 0 Å². The predicted molar refractivity (Wildman–Crippen MR) is 105 cm³/mol. The Hall–Kier alpha value is -0.560. The molecule has 3 rings (SSSR count). The third kappa shape index (κ3) is 5.98. The number of hydrogen-bond donors (Lipinski definition) is 0. The summed E-state index contributed by atoms with van der Waals surface area (Å²) in [5.41, 5.74) is 0. The zero-order chi connectivity index (χ0) is 17.6. The van der Waals surface area contributed by atoms with Crippen molar-refractivity contribution in [1.29, 1.82) is 0 Å². The topological polar surface area (TPSA) is 15.7 Å². The Morgan fingerprint density at radius 2 is 1.48 bits per heavy atom. The van der Waals surface area contributed by atoms with Crippen molar-refractivity contribution in [3.05, 3.63) is 0 Å². The quantitative estimate of drug-likeness (QED) is 0.707. The normalized spacial score (nSPS) is 30.1. The Bertz CT molecular complexity index is 444. The molecule has 25 heavy (non-hydrogen) atoms. The molecule has 0 spiro atoms. The van der Waals surface area contributed by atoms with Crippen molar-refractivity contribution in [3.63, 3.8) is 0 Å². The van der Waals surface area contributed by atoms with Crippen molar-refractivity contribution in [3.8, 4) is 11.8 Å².